The Balaban J connectivity index is 5.41. The summed E-state index contributed by atoms with van der Waals surface area (Å²) >= 11 is 0. The predicted molar refractivity (Wildman–Crippen MR) is 286 cm³/mol. The fraction of sp³-hybridized carbons (Fsp3) is 0.825. The van der Waals surface area contributed by atoms with Gasteiger partial charge in [0.05, 0.1) is 33.8 Å². The molecule has 2 N–H and O–H groups in total. The molecule has 0 saturated heterocycles. The molecule has 0 heterocycles. The van der Waals surface area contributed by atoms with Crippen molar-refractivity contribution in [2.75, 3.05) is 40.9 Å². The first-order valence-electron chi connectivity index (χ1n) is 28.0. The number of carbonyl (C=O) groups is 2. The summed E-state index contributed by atoms with van der Waals surface area (Å²) in [7, 11) is 1.49. The summed E-state index contributed by atoms with van der Waals surface area (Å²) in [6, 6.07) is -0.853. The van der Waals surface area contributed by atoms with E-state index in [4.69, 9.17) is 13.8 Å². The molecule has 0 aliphatic heterocycles. The smallest absolute Gasteiger partial charge is 0.456 e. The van der Waals surface area contributed by atoms with Gasteiger partial charge in [-0.1, -0.05) is 217 Å². The summed E-state index contributed by atoms with van der Waals surface area (Å²) in [4.78, 5) is 37.5. The van der Waals surface area contributed by atoms with Gasteiger partial charge in [0, 0.05) is 12.8 Å². The third-order valence-corrected chi connectivity index (χ3v) is 13.3. The van der Waals surface area contributed by atoms with Crippen LogP contribution in [0, 0.1) is 0 Å². The number of likely N-dealkylation sites (N-methyl/N-ethyl adjacent to an activating group) is 1. The average Bonchev–Trinajstić information content (AvgIpc) is 3.28. The molecule has 0 bridgehead atoms. The van der Waals surface area contributed by atoms with Gasteiger partial charge in [0.15, 0.2) is 0 Å². The Morgan fingerprint density at radius 1 is 0.522 bits per heavy atom. The molecule has 0 aromatic heterocycles. The van der Waals surface area contributed by atoms with Crippen LogP contribution in [0.15, 0.2) is 48.6 Å². The summed E-state index contributed by atoms with van der Waals surface area (Å²) < 4.78 is 30.5. The Morgan fingerprint density at radius 3 is 1.39 bits per heavy atom. The first-order valence-corrected chi connectivity index (χ1v) is 29.5. The van der Waals surface area contributed by atoms with E-state index in [2.05, 4.69) is 62.5 Å². The van der Waals surface area contributed by atoms with Crippen LogP contribution in [0.25, 0.3) is 0 Å². The van der Waals surface area contributed by atoms with E-state index in [1.54, 1.807) is 0 Å². The van der Waals surface area contributed by atoms with E-state index in [9.17, 15) is 19.0 Å². The normalized spacial score (nSPS) is 14.2. The maximum absolute atomic E-state index is 13.4. The summed E-state index contributed by atoms with van der Waals surface area (Å²) in [5.74, 6) is -0.527. The van der Waals surface area contributed by atoms with Gasteiger partial charge in [0.1, 0.15) is 19.3 Å². The highest BCUT2D eigenvalue weighted by Gasteiger charge is 2.30. The second-order valence-electron chi connectivity index (χ2n) is 20.1. The number of allylic oxidation sites excluding steroid dienone is 7. The third-order valence-electron chi connectivity index (χ3n) is 12.3. The highest BCUT2D eigenvalue weighted by atomic mass is 31.2. The van der Waals surface area contributed by atoms with Gasteiger partial charge in [-0.2, -0.15) is 0 Å². The number of esters is 1. The Kier molecular flexibility index (Phi) is 46.2. The number of rotatable bonds is 50. The van der Waals surface area contributed by atoms with Gasteiger partial charge < -0.3 is 19.4 Å². The predicted octanol–water partition coefficient (Wildman–Crippen LogP) is 16.6. The molecule has 0 rings (SSSR count). The lowest BCUT2D eigenvalue weighted by molar-refractivity contribution is -0.870. The Morgan fingerprint density at radius 2 is 0.910 bits per heavy atom. The van der Waals surface area contributed by atoms with Crippen LogP contribution in [0.4, 0.5) is 0 Å². The van der Waals surface area contributed by atoms with Crippen LogP contribution >= 0.6 is 7.82 Å². The molecule has 3 atom stereocenters. The van der Waals surface area contributed by atoms with E-state index < -0.39 is 20.0 Å². The zero-order valence-corrected chi connectivity index (χ0v) is 45.5. The molecule has 392 valence electrons. The summed E-state index contributed by atoms with van der Waals surface area (Å²) in [5.41, 5.74) is 0. The van der Waals surface area contributed by atoms with Crippen LogP contribution in [-0.4, -0.2) is 74.3 Å². The molecule has 67 heavy (non-hydrogen) atoms. The molecule has 0 spiro atoms. The highest BCUT2D eigenvalue weighted by molar-refractivity contribution is 7.47. The van der Waals surface area contributed by atoms with Crippen molar-refractivity contribution in [3.05, 3.63) is 48.6 Å². The van der Waals surface area contributed by atoms with Gasteiger partial charge in [-0.15, -0.1) is 0 Å². The quantitative estimate of drug-likeness (QED) is 0.0205. The number of ether oxygens (including phenoxy) is 1. The first-order chi connectivity index (χ1) is 32.4. The first kappa shape index (κ1) is 65.0. The van der Waals surface area contributed by atoms with E-state index in [1.807, 2.05) is 33.3 Å². The van der Waals surface area contributed by atoms with Crippen LogP contribution < -0.4 is 5.32 Å². The lowest BCUT2D eigenvalue weighted by atomic mass is 10.0. The maximum atomic E-state index is 13.4. The minimum atomic E-state index is -4.44. The van der Waals surface area contributed by atoms with E-state index >= 15 is 0 Å². The highest BCUT2D eigenvalue weighted by Crippen LogP contribution is 2.43. The van der Waals surface area contributed by atoms with Crippen molar-refractivity contribution in [2.24, 2.45) is 0 Å². The van der Waals surface area contributed by atoms with Crippen molar-refractivity contribution in [2.45, 2.75) is 264 Å². The van der Waals surface area contributed by atoms with E-state index in [0.29, 0.717) is 23.9 Å². The molecular formula is C57H108N2O7P+. The minimum Gasteiger partial charge on any atom is -0.456 e. The molecule has 0 aliphatic carbocycles. The van der Waals surface area contributed by atoms with E-state index in [-0.39, 0.29) is 31.5 Å². The number of phosphoric acid groups is 1. The Labute approximate surface area is 414 Å². The van der Waals surface area contributed by atoms with Crippen molar-refractivity contribution in [3.8, 4) is 0 Å². The molecule has 1 amide bonds. The fourth-order valence-corrected chi connectivity index (χ4v) is 8.62. The van der Waals surface area contributed by atoms with E-state index in [1.165, 1.54) is 135 Å². The van der Waals surface area contributed by atoms with E-state index in [0.717, 1.165) is 77.0 Å². The second-order valence-corrected chi connectivity index (χ2v) is 21.6. The summed E-state index contributed by atoms with van der Waals surface area (Å²) in [6.45, 7) is 6.96. The van der Waals surface area contributed by atoms with Crippen LogP contribution in [0.5, 0.6) is 0 Å². The van der Waals surface area contributed by atoms with Crippen LogP contribution in [0.3, 0.4) is 0 Å². The second kappa shape index (κ2) is 47.6. The number of amides is 1. The van der Waals surface area contributed by atoms with Crippen molar-refractivity contribution >= 4 is 19.7 Å². The lowest BCUT2D eigenvalue weighted by Crippen LogP contribution is -2.47. The fourth-order valence-electron chi connectivity index (χ4n) is 7.89. The minimum absolute atomic E-state index is 0.0371. The third kappa shape index (κ3) is 48.8. The van der Waals surface area contributed by atoms with Gasteiger partial charge in [0.25, 0.3) is 0 Å². The van der Waals surface area contributed by atoms with Crippen LogP contribution in [0.2, 0.25) is 0 Å². The molecule has 0 fully saturated rings. The molecule has 10 heteroatoms. The molecular weight excluding hydrogens is 856 g/mol. The SMILES string of the molecule is CCCCC/C=C\C/C=C\C/C=C\CCCCCCC(=O)OC(/C=C\CCCCCCCCCCCCC)C(COP(=O)(O)OCC[N+](C)(C)C)NC(=O)CCCCCCCCCCCCC. The monoisotopic (exact) mass is 964 g/mol. The zero-order valence-electron chi connectivity index (χ0n) is 44.6. The van der Waals surface area contributed by atoms with Crippen molar-refractivity contribution in [1.29, 1.82) is 0 Å². The number of nitrogens with one attached hydrogen (secondary N) is 1. The largest absolute Gasteiger partial charge is 0.472 e. The van der Waals surface area contributed by atoms with Gasteiger partial charge >= 0.3 is 13.8 Å². The van der Waals surface area contributed by atoms with Crippen molar-refractivity contribution < 1.29 is 37.3 Å². The zero-order chi connectivity index (χ0) is 49.4. The number of carbonyl (C=O) groups excluding carboxylic acids is 2. The van der Waals surface area contributed by atoms with Gasteiger partial charge in [0.2, 0.25) is 5.91 Å². The number of quaternary nitrogens is 1. The Bertz CT molecular complexity index is 1290. The number of nitrogens with zero attached hydrogens (tertiary/aromatic N) is 1. The molecule has 0 aromatic carbocycles. The maximum Gasteiger partial charge on any atom is 0.472 e. The molecule has 0 aromatic rings. The molecule has 0 radical (unpaired) electrons. The van der Waals surface area contributed by atoms with Crippen molar-refractivity contribution in [3.63, 3.8) is 0 Å². The summed E-state index contributed by atoms with van der Waals surface area (Å²) in [6.07, 6.45) is 56.7. The topological polar surface area (TPSA) is 111 Å². The average molecular weight is 964 g/mol. The van der Waals surface area contributed by atoms with Crippen molar-refractivity contribution in [1.82, 2.24) is 5.32 Å². The number of unbranched alkanes of at least 4 members (excludes halogenated alkanes) is 28. The summed E-state index contributed by atoms with van der Waals surface area (Å²) in [5, 5.41) is 3.04. The standard InChI is InChI=1S/C57H107N2O7P/c1-7-10-13-16-19-22-25-27-28-29-30-32-35-38-41-44-47-50-57(61)66-55(48-45-42-39-36-34-31-26-23-20-17-14-11-8-2)54(53-65-67(62,63)64-52-51-59(4,5)6)58-56(60)49-46-43-40-37-33-24-21-18-15-12-9-3/h19,22,27-28,30,32,45,48,54-55H,7-18,20-21,23-26,29,31,33-44,46-47,49-53H2,1-6H3,(H-,58,60,62,63)/p+1/b22-19-,28-27-,32-30-,48-45-. The van der Waals surface area contributed by atoms with Crippen LogP contribution in [0.1, 0.15) is 252 Å². The number of hydrogen-bond donors (Lipinski definition) is 2. The van der Waals surface area contributed by atoms with Crippen LogP contribution in [-0.2, 0) is 27.9 Å². The molecule has 0 aliphatic rings. The van der Waals surface area contributed by atoms with Gasteiger partial charge in [-0.05, 0) is 70.3 Å². The molecule has 9 nitrogen and oxygen atoms in total. The molecule has 3 unspecified atom stereocenters. The Hall–Kier alpha value is -2.03. The lowest BCUT2D eigenvalue weighted by Gasteiger charge is -2.27. The molecule has 0 saturated carbocycles. The number of hydrogen-bond acceptors (Lipinski definition) is 6. The number of phosphoric ester groups is 1. The van der Waals surface area contributed by atoms with Gasteiger partial charge in [-0.3, -0.25) is 18.6 Å². The van der Waals surface area contributed by atoms with Gasteiger partial charge in [-0.25, -0.2) is 4.57 Å².